The zero-order chi connectivity index (χ0) is 19.3. The highest BCUT2D eigenvalue weighted by Gasteiger charge is 2.16. The van der Waals surface area contributed by atoms with Gasteiger partial charge in [-0.1, -0.05) is 19.1 Å². The Kier molecular flexibility index (Phi) is 5.53. The van der Waals surface area contributed by atoms with Crippen molar-refractivity contribution in [1.82, 2.24) is 20.1 Å². The molecule has 1 fully saturated rings. The highest BCUT2D eigenvalue weighted by Crippen LogP contribution is 2.19. The summed E-state index contributed by atoms with van der Waals surface area (Å²) in [7, 11) is 0. The van der Waals surface area contributed by atoms with E-state index in [2.05, 4.69) is 44.5 Å². The first-order chi connectivity index (χ1) is 13.7. The Morgan fingerprint density at radius 2 is 2.11 bits per heavy atom. The number of benzene rings is 1. The average molecular weight is 379 g/mol. The van der Waals surface area contributed by atoms with Gasteiger partial charge in [-0.3, -0.25) is 14.7 Å². The molecule has 28 heavy (non-hydrogen) atoms. The Hall–Kier alpha value is -2.93. The molecule has 0 spiro atoms. The van der Waals surface area contributed by atoms with Gasteiger partial charge in [0.2, 0.25) is 5.95 Å². The predicted molar refractivity (Wildman–Crippen MR) is 108 cm³/mol. The van der Waals surface area contributed by atoms with E-state index in [0.29, 0.717) is 23.8 Å². The summed E-state index contributed by atoms with van der Waals surface area (Å²) in [6, 6.07) is 11.8. The van der Waals surface area contributed by atoms with Crippen LogP contribution in [0.3, 0.4) is 0 Å². The van der Waals surface area contributed by atoms with E-state index in [9.17, 15) is 4.79 Å². The van der Waals surface area contributed by atoms with Crippen LogP contribution in [-0.4, -0.2) is 33.2 Å². The number of aromatic nitrogens is 3. The first-order valence-corrected chi connectivity index (χ1v) is 9.72. The second-order valence-corrected chi connectivity index (χ2v) is 7.51. The van der Waals surface area contributed by atoms with E-state index in [1.54, 1.807) is 18.4 Å². The summed E-state index contributed by atoms with van der Waals surface area (Å²) in [5, 5.41) is 11.2. The molecule has 0 bridgehead atoms. The minimum atomic E-state index is -0.273. The van der Waals surface area contributed by atoms with Crippen molar-refractivity contribution in [2.75, 3.05) is 18.4 Å². The minimum absolute atomic E-state index is 0.273. The Morgan fingerprint density at radius 3 is 2.82 bits per heavy atom. The van der Waals surface area contributed by atoms with Crippen molar-refractivity contribution < 1.29 is 4.42 Å². The molecule has 146 valence electrons. The van der Waals surface area contributed by atoms with E-state index in [1.807, 2.05) is 12.1 Å². The number of nitrogens with one attached hydrogen (secondary N) is 2. The number of piperidine rings is 1. The molecule has 1 aliphatic heterocycles. The minimum Gasteiger partial charge on any atom is -0.469 e. The fraction of sp³-hybridized carbons (Fsp3) is 0.381. The number of H-pyrrole nitrogens is 1. The number of hydrogen-bond donors (Lipinski definition) is 2. The summed E-state index contributed by atoms with van der Waals surface area (Å²) in [4.78, 5) is 17.5. The summed E-state index contributed by atoms with van der Waals surface area (Å²) < 4.78 is 5.25. The van der Waals surface area contributed by atoms with Crippen molar-refractivity contribution in [3.8, 4) is 0 Å². The molecule has 2 N–H and O–H groups in total. The molecule has 4 rings (SSSR count). The molecule has 3 aromatic rings. The van der Waals surface area contributed by atoms with Crippen molar-refractivity contribution in [2.45, 2.75) is 32.7 Å². The molecule has 0 aliphatic carbocycles. The number of anilines is 2. The lowest BCUT2D eigenvalue weighted by atomic mass is 10.00. The first kappa shape index (κ1) is 18.4. The number of furan rings is 1. The molecule has 2 aromatic heterocycles. The van der Waals surface area contributed by atoms with Crippen LogP contribution in [0.5, 0.6) is 0 Å². The Morgan fingerprint density at radius 1 is 1.25 bits per heavy atom. The van der Waals surface area contributed by atoms with Crippen LogP contribution in [0.15, 0.2) is 51.9 Å². The van der Waals surface area contributed by atoms with Crippen molar-refractivity contribution in [3.05, 3.63) is 70.0 Å². The van der Waals surface area contributed by atoms with Crippen molar-refractivity contribution >= 4 is 11.6 Å². The third kappa shape index (κ3) is 4.67. The normalized spacial score (nSPS) is 17.5. The van der Waals surface area contributed by atoms with Gasteiger partial charge in [-0.05, 0) is 55.1 Å². The van der Waals surface area contributed by atoms with Gasteiger partial charge in [-0.15, -0.1) is 10.2 Å². The summed E-state index contributed by atoms with van der Waals surface area (Å²) in [6.45, 7) is 5.64. The van der Waals surface area contributed by atoms with Crippen LogP contribution < -0.4 is 10.9 Å². The molecule has 7 heteroatoms. The number of nitrogens with zero attached hydrogens (tertiary/aromatic N) is 3. The maximum Gasteiger partial charge on any atom is 0.274 e. The fourth-order valence-electron chi connectivity index (χ4n) is 3.63. The van der Waals surface area contributed by atoms with Gasteiger partial charge in [0.05, 0.1) is 12.7 Å². The van der Waals surface area contributed by atoms with Gasteiger partial charge < -0.3 is 9.73 Å². The maximum atomic E-state index is 12.2. The van der Waals surface area contributed by atoms with Gasteiger partial charge in [0, 0.05) is 18.8 Å². The van der Waals surface area contributed by atoms with Crippen LogP contribution in [0.1, 0.15) is 36.8 Å². The van der Waals surface area contributed by atoms with Crippen LogP contribution in [0, 0.1) is 5.92 Å². The lowest BCUT2D eigenvalue weighted by Gasteiger charge is -2.30. The monoisotopic (exact) mass is 379 g/mol. The summed E-state index contributed by atoms with van der Waals surface area (Å²) in [5.74, 6) is 1.78. The zero-order valence-electron chi connectivity index (χ0n) is 16.0. The van der Waals surface area contributed by atoms with E-state index in [0.717, 1.165) is 18.2 Å². The second-order valence-electron chi connectivity index (χ2n) is 7.51. The van der Waals surface area contributed by atoms with Gasteiger partial charge in [0.25, 0.3) is 5.56 Å². The largest absolute Gasteiger partial charge is 0.469 e. The average Bonchev–Trinajstić information content (AvgIpc) is 3.19. The van der Waals surface area contributed by atoms with Crippen LogP contribution in [0.4, 0.5) is 11.6 Å². The SMILES string of the molecule is CC1CCCN(Cc2ccc(Nc3nnc(Cc4ccco4)c(=O)[nH]3)cc2)C1. The molecule has 1 saturated heterocycles. The fourth-order valence-corrected chi connectivity index (χ4v) is 3.63. The number of aromatic amines is 1. The number of likely N-dealkylation sites (tertiary alicyclic amines) is 1. The zero-order valence-corrected chi connectivity index (χ0v) is 16.0. The maximum absolute atomic E-state index is 12.2. The standard InChI is InChI=1S/C21H25N5O2/c1-15-4-2-10-26(13-15)14-16-6-8-17(9-7-16)22-21-23-20(27)19(24-25-21)12-18-5-3-11-28-18/h3,5-9,11,15H,2,4,10,12-14H2,1H3,(H2,22,23,25,27). The quantitative estimate of drug-likeness (QED) is 0.683. The lowest BCUT2D eigenvalue weighted by molar-refractivity contribution is 0.176. The van der Waals surface area contributed by atoms with Gasteiger partial charge in [0.15, 0.2) is 0 Å². The molecule has 1 unspecified atom stereocenters. The Bertz CT molecular complexity index is 950. The molecule has 1 aliphatic rings. The van der Waals surface area contributed by atoms with Gasteiger partial charge in [-0.2, -0.15) is 0 Å². The van der Waals surface area contributed by atoms with Crippen LogP contribution in [0.2, 0.25) is 0 Å². The van der Waals surface area contributed by atoms with Crippen LogP contribution >= 0.6 is 0 Å². The predicted octanol–water partition coefficient (Wildman–Crippen LogP) is 3.32. The summed E-state index contributed by atoms with van der Waals surface area (Å²) in [6.07, 6.45) is 4.50. The number of hydrogen-bond acceptors (Lipinski definition) is 6. The lowest BCUT2D eigenvalue weighted by Crippen LogP contribution is -2.33. The summed E-state index contributed by atoms with van der Waals surface area (Å²) >= 11 is 0. The van der Waals surface area contributed by atoms with Crippen molar-refractivity contribution in [3.63, 3.8) is 0 Å². The molecule has 0 amide bonds. The highest BCUT2D eigenvalue weighted by molar-refractivity contribution is 5.53. The molecule has 0 radical (unpaired) electrons. The summed E-state index contributed by atoms with van der Waals surface area (Å²) in [5.41, 5.74) is 2.20. The third-order valence-electron chi connectivity index (χ3n) is 5.05. The molecular formula is C21H25N5O2. The Labute approximate surface area is 163 Å². The molecule has 7 nitrogen and oxygen atoms in total. The van der Waals surface area contributed by atoms with Crippen molar-refractivity contribution in [1.29, 1.82) is 0 Å². The topological polar surface area (TPSA) is 87.0 Å². The van der Waals surface area contributed by atoms with Crippen LogP contribution in [-0.2, 0) is 13.0 Å². The van der Waals surface area contributed by atoms with E-state index in [4.69, 9.17) is 4.42 Å². The van der Waals surface area contributed by atoms with E-state index < -0.39 is 0 Å². The van der Waals surface area contributed by atoms with Crippen molar-refractivity contribution in [2.24, 2.45) is 5.92 Å². The second kappa shape index (κ2) is 8.39. The number of rotatable bonds is 6. The molecule has 3 heterocycles. The van der Waals surface area contributed by atoms with Crippen LogP contribution in [0.25, 0.3) is 0 Å². The van der Waals surface area contributed by atoms with Gasteiger partial charge in [-0.25, -0.2) is 0 Å². The highest BCUT2D eigenvalue weighted by atomic mass is 16.3. The molecule has 0 saturated carbocycles. The third-order valence-corrected chi connectivity index (χ3v) is 5.05. The molecule has 1 atom stereocenters. The van der Waals surface area contributed by atoms with E-state index in [1.165, 1.54) is 31.5 Å². The molecule has 1 aromatic carbocycles. The smallest absolute Gasteiger partial charge is 0.274 e. The molecular weight excluding hydrogens is 354 g/mol. The first-order valence-electron chi connectivity index (χ1n) is 9.72. The van der Waals surface area contributed by atoms with E-state index >= 15 is 0 Å². The Balaban J connectivity index is 1.37. The van der Waals surface area contributed by atoms with Gasteiger partial charge in [0.1, 0.15) is 11.5 Å². The van der Waals surface area contributed by atoms with E-state index in [-0.39, 0.29) is 5.56 Å². The van der Waals surface area contributed by atoms with Gasteiger partial charge >= 0.3 is 0 Å².